The van der Waals surface area contributed by atoms with E-state index in [-0.39, 0.29) is 5.41 Å². The number of unbranched alkanes of at least 4 members (excludes halogenated alkanes) is 1. The van der Waals surface area contributed by atoms with Gasteiger partial charge in [0, 0.05) is 5.41 Å². The van der Waals surface area contributed by atoms with Crippen LogP contribution in [0, 0.1) is 5.41 Å². The van der Waals surface area contributed by atoms with Crippen LogP contribution in [0.2, 0.25) is 0 Å². The fourth-order valence-electron chi connectivity index (χ4n) is 4.39. The first-order chi connectivity index (χ1) is 11.1. The minimum absolute atomic E-state index is 0.0986. The minimum Gasteiger partial charge on any atom is -0.508 e. The van der Waals surface area contributed by atoms with Crippen LogP contribution >= 0.6 is 0 Å². The van der Waals surface area contributed by atoms with Gasteiger partial charge in [0.25, 0.3) is 0 Å². The molecule has 1 spiro atoms. The molecule has 0 saturated carbocycles. The second-order valence-corrected chi connectivity index (χ2v) is 7.01. The van der Waals surface area contributed by atoms with Crippen LogP contribution in [-0.4, -0.2) is 10.2 Å². The molecule has 0 bridgehead atoms. The average molecular weight is 306 g/mol. The summed E-state index contributed by atoms with van der Waals surface area (Å²) in [5, 5.41) is 19.7. The van der Waals surface area contributed by atoms with Gasteiger partial charge in [0.1, 0.15) is 11.5 Å². The standard InChI is InChI=1S/C21H22O2/c1-2-3-4-20-19-10-18(23)8-6-15(19)12-21(20)11-14-5-7-17(22)9-16(14)13-21/h4-10,22-23H,2-3,11-13H2,1H3. The summed E-state index contributed by atoms with van der Waals surface area (Å²) < 4.78 is 0. The Hall–Kier alpha value is -2.22. The SMILES string of the molecule is CCCC=C1c2cc(O)ccc2CC12Cc1ccc(O)cc1C2. The normalized spacial score (nSPS) is 23.4. The first-order valence-electron chi connectivity index (χ1n) is 8.45. The third-order valence-electron chi connectivity index (χ3n) is 5.37. The number of benzene rings is 2. The first-order valence-corrected chi connectivity index (χ1v) is 8.45. The molecule has 0 amide bonds. The van der Waals surface area contributed by atoms with Gasteiger partial charge >= 0.3 is 0 Å². The van der Waals surface area contributed by atoms with Gasteiger partial charge in [-0.3, -0.25) is 0 Å². The third-order valence-corrected chi connectivity index (χ3v) is 5.37. The van der Waals surface area contributed by atoms with Crippen LogP contribution in [0.4, 0.5) is 0 Å². The van der Waals surface area contributed by atoms with Crippen molar-refractivity contribution in [1.29, 1.82) is 0 Å². The lowest BCUT2D eigenvalue weighted by Gasteiger charge is -2.26. The highest BCUT2D eigenvalue weighted by atomic mass is 16.3. The molecular weight excluding hydrogens is 284 g/mol. The summed E-state index contributed by atoms with van der Waals surface area (Å²) >= 11 is 0. The highest BCUT2D eigenvalue weighted by Gasteiger charge is 2.45. The molecule has 118 valence electrons. The Kier molecular flexibility index (Phi) is 3.22. The third kappa shape index (κ3) is 2.24. The zero-order valence-electron chi connectivity index (χ0n) is 13.5. The molecule has 2 heteroatoms. The van der Waals surface area contributed by atoms with Gasteiger partial charge in [-0.05, 0) is 77.8 Å². The van der Waals surface area contributed by atoms with Crippen LogP contribution in [0.15, 0.2) is 42.5 Å². The van der Waals surface area contributed by atoms with Gasteiger partial charge < -0.3 is 10.2 Å². The maximum absolute atomic E-state index is 9.92. The Morgan fingerprint density at radius 2 is 1.57 bits per heavy atom. The van der Waals surface area contributed by atoms with Gasteiger partial charge in [-0.15, -0.1) is 0 Å². The van der Waals surface area contributed by atoms with Crippen LogP contribution in [0.3, 0.4) is 0 Å². The van der Waals surface area contributed by atoms with Gasteiger partial charge in [0.2, 0.25) is 0 Å². The Morgan fingerprint density at radius 1 is 0.913 bits per heavy atom. The van der Waals surface area contributed by atoms with E-state index in [1.54, 1.807) is 12.1 Å². The van der Waals surface area contributed by atoms with Crippen LogP contribution in [0.5, 0.6) is 11.5 Å². The Labute approximate surface area is 137 Å². The molecule has 2 aromatic carbocycles. The van der Waals surface area contributed by atoms with E-state index in [4.69, 9.17) is 0 Å². The molecule has 2 nitrogen and oxygen atoms in total. The van der Waals surface area contributed by atoms with Crippen molar-refractivity contribution in [3.8, 4) is 11.5 Å². The molecule has 0 saturated heterocycles. The summed E-state index contributed by atoms with van der Waals surface area (Å²) in [5.74, 6) is 0.699. The second kappa shape index (κ2) is 5.16. The van der Waals surface area contributed by atoms with E-state index >= 15 is 0 Å². The van der Waals surface area contributed by atoms with Crippen molar-refractivity contribution < 1.29 is 10.2 Å². The van der Waals surface area contributed by atoms with E-state index < -0.39 is 0 Å². The summed E-state index contributed by atoms with van der Waals surface area (Å²) in [7, 11) is 0. The van der Waals surface area contributed by atoms with E-state index in [9.17, 15) is 10.2 Å². The average Bonchev–Trinajstić information content (AvgIpc) is 3.01. The van der Waals surface area contributed by atoms with Gasteiger partial charge in [-0.25, -0.2) is 0 Å². The number of allylic oxidation sites excluding steroid dienone is 2. The number of hydrogen-bond donors (Lipinski definition) is 2. The summed E-state index contributed by atoms with van der Waals surface area (Å²) in [4.78, 5) is 0. The lowest BCUT2D eigenvalue weighted by atomic mass is 9.77. The number of aromatic hydroxyl groups is 2. The fraction of sp³-hybridized carbons (Fsp3) is 0.333. The lowest BCUT2D eigenvalue weighted by molar-refractivity contribution is 0.439. The van der Waals surface area contributed by atoms with Crippen LogP contribution in [-0.2, 0) is 19.3 Å². The largest absolute Gasteiger partial charge is 0.508 e. The Balaban J connectivity index is 1.81. The summed E-state index contributed by atoms with van der Waals surface area (Å²) in [6, 6.07) is 11.6. The van der Waals surface area contributed by atoms with Crippen molar-refractivity contribution in [2.45, 2.75) is 39.0 Å². The van der Waals surface area contributed by atoms with Gasteiger partial charge in [0.05, 0.1) is 0 Å². The van der Waals surface area contributed by atoms with E-state index in [2.05, 4.69) is 25.1 Å². The second-order valence-electron chi connectivity index (χ2n) is 7.01. The maximum Gasteiger partial charge on any atom is 0.116 e. The van der Waals surface area contributed by atoms with Crippen molar-refractivity contribution in [1.82, 2.24) is 0 Å². The molecule has 0 aromatic heterocycles. The van der Waals surface area contributed by atoms with Crippen molar-refractivity contribution in [3.63, 3.8) is 0 Å². The molecule has 2 aliphatic carbocycles. The Morgan fingerprint density at radius 3 is 2.35 bits per heavy atom. The Bertz CT molecular complexity index is 799. The quantitative estimate of drug-likeness (QED) is 0.849. The molecule has 0 radical (unpaired) electrons. The van der Waals surface area contributed by atoms with Gasteiger partial charge in [0.15, 0.2) is 0 Å². The molecule has 2 N–H and O–H groups in total. The van der Waals surface area contributed by atoms with E-state index in [0.29, 0.717) is 11.5 Å². The maximum atomic E-state index is 9.92. The molecule has 0 aliphatic heterocycles. The highest BCUT2D eigenvalue weighted by Crippen LogP contribution is 2.55. The van der Waals surface area contributed by atoms with Gasteiger partial charge in [-0.2, -0.15) is 0 Å². The lowest BCUT2D eigenvalue weighted by Crippen LogP contribution is -2.20. The molecular formula is C21H22O2. The molecule has 1 atom stereocenters. The van der Waals surface area contributed by atoms with Crippen molar-refractivity contribution in [2.75, 3.05) is 0 Å². The summed E-state index contributed by atoms with van der Waals surface area (Å²) in [6.07, 6.45) is 7.58. The van der Waals surface area contributed by atoms with Crippen LogP contribution < -0.4 is 0 Å². The first kappa shape index (κ1) is 14.4. The molecule has 0 fully saturated rings. The zero-order chi connectivity index (χ0) is 16.0. The zero-order valence-corrected chi connectivity index (χ0v) is 13.5. The van der Waals surface area contributed by atoms with Crippen LogP contribution in [0.1, 0.15) is 42.0 Å². The molecule has 4 rings (SSSR count). The molecule has 23 heavy (non-hydrogen) atoms. The number of hydrogen-bond acceptors (Lipinski definition) is 2. The van der Waals surface area contributed by atoms with Crippen LogP contribution in [0.25, 0.3) is 5.57 Å². The van der Waals surface area contributed by atoms with Gasteiger partial charge in [-0.1, -0.05) is 31.6 Å². The highest BCUT2D eigenvalue weighted by molar-refractivity contribution is 5.80. The predicted octanol–water partition coefficient (Wildman–Crippen LogP) is 4.62. The number of phenols is 2. The van der Waals surface area contributed by atoms with Crippen molar-refractivity contribution in [3.05, 3.63) is 64.7 Å². The molecule has 2 aromatic rings. The predicted molar refractivity (Wildman–Crippen MR) is 92.6 cm³/mol. The minimum atomic E-state index is 0.0986. The molecule has 2 aliphatic rings. The smallest absolute Gasteiger partial charge is 0.116 e. The molecule has 1 unspecified atom stereocenters. The van der Waals surface area contributed by atoms with E-state index in [1.165, 1.54) is 27.8 Å². The van der Waals surface area contributed by atoms with Crippen molar-refractivity contribution in [2.24, 2.45) is 5.41 Å². The number of phenolic OH excluding ortho intramolecular Hbond substituents is 2. The number of fused-ring (bicyclic) bond motifs is 2. The van der Waals surface area contributed by atoms with Crippen molar-refractivity contribution >= 4 is 5.57 Å². The summed E-state index contributed by atoms with van der Waals surface area (Å²) in [5.41, 5.74) is 6.66. The monoisotopic (exact) mass is 306 g/mol. The number of rotatable bonds is 2. The van der Waals surface area contributed by atoms with E-state index in [0.717, 1.165) is 32.1 Å². The summed E-state index contributed by atoms with van der Waals surface area (Å²) in [6.45, 7) is 2.20. The van der Waals surface area contributed by atoms with E-state index in [1.807, 2.05) is 12.1 Å². The topological polar surface area (TPSA) is 40.5 Å². The fourth-order valence-corrected chi connectivity index (χ4v) is 4.39. The molecule has 0 heterocycles.